The summed E-state index contributed by atoms with van der Waals surface area (Å²) in [5.74, 6) is 1.76. The number of hydrogen-bond acceptors (Lipinski definition) is 6. The minimum atomic E-state index is -0.844. The Kier molecular flexibility index (Phi) is 8.94. The van der Waals surface area contributed by atoms with E-state index in [9.17, 15) is 0 Å². The number of aromatic nitrogens is 7. The van der Waals surface area contributed by atoms with Crippen molar-refractivity contribution in [1.29, 1.82) is 0 Å². The molecule has 0 aliphatic rings. The number of rotatable bonds is 11. The zero-order chi connectivity index (χ0) is 36.3. The number of imidazole rings is 1. The van der Waals surface area contributed by atoms with Crippen LogP contribution in [0.2, 0.25) is 0 Å². The first kappa shape index (κ1) is 33.3. The molecule has 0 spiro atoms. The van der Waals surface area contributed by atoms with Crippen molar-refractivity contribution in [2.24, 2.45) is 0 Å². The smallest absolute Gasteiger partial charge is 0.184 e. The molecule has 0 unspecified atom stereocenters. The first-order valence-corrected chi connectivity index (χ1v) is 19.1. The second-order valence-electron chi connectivity index (χ2n) is 13.4. The van der Waals surface area contributed by atoms with Gasteiger partial charge in [0.15, 0.2) is 5.82 Å². The number of fused-ring (bicyclic) bond motifs is 1. The average molecular weight is 720 g/mol. The van der Waals surface area contributed by atoms with Crippen LogP contribution in [-0.4, -0.2) is 34.7 Å². The molecule has 0 N–H and O–H groups in total. The van der Waals surface area contributed by atoms with E-state index in [1.807, 2.05) is 29.1 Å². The minimum absolute atomic E-state index is 0.676. The minimum Gasteiger partial charge on any atom is -0.322 e. The van der Waals surface area contributed by atoms with E-state index in [2.05, 4.69) is 162 Å². The largest absolute Gasteiger partial charge is 0.322 e. The number of thiophene rings is 1. The number of aryl methyl sites for hydroxylation is 1. The molecule has 0 amide bonds. The van der Waals surface area contributed by atoms with Gasteiger partial charge in [-0.25, -0.2) is 9.67 Å². The quantitative estimate of drug-likeness (QED) is 0.124. The summed E-state index contributed by atoms with van der Waals surface area (Å²) in [6.07, 6.45) is 3.90. The lowest BCUT2D eigenvalue weighted by Gasteiger charge is -2.36. The first-order chi connectivity index (χ1) is 26.7. The van der Waals surface area contributed by atoms with E-state index in [0.29, 0.717) is 12.4 Å². The molecule has 0 saturated carbocycles. The third-order valence-corrected chi connectivity index (χ3v) is 11.0. The van der Waals surface area contributed by atoms with E-state index in [1.165, 1.54) is 5.56 Å². The zero-order valence-corrected chi connectivity index (χ0v) is 30.6. The van der Waals surface area contributed by atoms with E-state index in [0.717, 1.165) is 73.7 Å². The lowest BCUT2D eigenvalue weighted by molar-refractivity contribution is 0.451. The molecule has 0 saturated heterocycles. The van der Waals surface area contributed by atoms with E-state index < -0.39 is 5.54 Å². The standard InChI is InChI=1S/C46H37N7S/c1-2-15-44-48-40-30-41(43-24-14-29-54-43)47-31-42(40)52(44)32-33-25-27-34(28-26-33)38-22-12-13-23-39(38)45-49-50-51-53(45)46(35-16-6-3-7-17-35,36-18-8-4-9-19-36)37-20-10-5-11-21-37/h3-14,16-31H,2,15,32H2,1H3. The summed E-state index contributed by atoms with van der Waals surface area (Å²) < 4.78 is 4.31. The molecule has 0 fully saturated rings. The fourth-order valence-corrected chi connectivity index (χ4v) is 8.30. The third-order valence-electron chi connectivity index (χ3n) is 10.1. The molecule has 8 heteroatoms. The molecule has 5 aromatic carbocycles. The van der Waals surface area contributed by atoms with Crippen molar-refractivity contribution >= 4 is 22.4 Å². The van der Waals surface area contributed by atoms with Gasteiger partial charge in [0.25, 0.3) is 0 Å². The highest BCUT2D eigenvalue weighted by Crippen LogP contribution is 2.43. The van der Waals surface area contributed by atoms with Crippen molar-refractivity contribution in [3.63, 3.8) is 0 Å². The van der Waals surface area contributed by atoms with Gasteiger partial charge in [0.05, 0.1) is 27.8 Å². The number of nitrogens with zero attached hydrogens (tertiary/aromatic N) is 7. The molecule has 262 valence electrons. The molecule has 0 atom stereocenters. The van der Waals surface area contributed by atoms with Crippen LogP contribution in [0.3, 0.4) is 0 Å². The molecule has 4 aromatic heterocycles. The SMILES string of the molecule is CCCc1nc2cc(-c3cccs3)ncc2n1Cc1ccc(-c2ccccc2-c2nnnn2C(c2ccccc2)(c2ccccc2)c2ccccc2)cc1. The van der Waals surface area contributed by atoms with Crippen LogP contribution in [0.15, 0.2) is 169 Å². The Morgan fingerprint density at radius 1 is 0.667 bits per heavy atom. The topological polar surface area (TPSA) is 74.3 Å². The molecule has 9 aromatic rings. The second kappa shape index (κ2) is 14.5. The molecule has 4 heterocycles. The van der Waals surface area contributed by atoms with Gasteiger partial charge in [-0.2, -0.15) is 0 Å². The average Bonchev–Trinajstić information content (AvgIpc) is 4.02. The van der Waals surface area contributed by atoms with Crippen molar-refractivity contribution in [3.05, 3.63) is 197 Å². The van der Waals surface area contributed by atoms with Crippen LogP contribution in [0.5, 0.6) is 0 Å². The monoisotopic (exact) mass is 719 g/mol. The Hall–Kier alpha value is -6.51. The van der Waals surface area contributed by atoms with Gasteiger partial charge in [0.1, 0.15) is 11.4 Å². The Bertz CT molecular complexity index is 2530. The van der Waals surface area contributed by atoms with Gasteiger partial charge in [-0.1, -0.05) is 153 Å². The second-order valence-corrected chi connectivity index (χ2v) is 14.3. The number of pyridine rings is 1. The Morgan fingerprint density at radius 3 is 1.91 bits per heavy atom. The molecular formula is C46H37N7S. The first-order valence-electron chi connectivity index (χ1n) is 18.3. The molecule has 0 radical (unpaired) electrons. The highest BCUT2D eigenvalue weighted by Gasteiger charge is 2.42. The van der Waals surface area contributed by atoms with Gasteiger partial charge in [-0.05, 0) is 67.7 Å². The van der Waals surface area contributed by atoms with Crippen molar-refractivity contribution in [2.75, 3.05) is 0 Å². The summed E-state index contributed by atoms with van der Waals surface area (Å²) in [5.41, 5.74) is 9.61. The molecule has 9 rings (SSSR count). The van der Waals surface area contributed by atoms with Crippen LogP contribution in [0.4, 0.5) is 0 Å². The molecule has 0 bridgehead atoms. The fourth-order valence-electron chi connectivity index (χ4n) is 7.61. The van der Waals surface area contributed by atoms with Crippen LogP contribution in [0.25, 0.3) is 44.1 Å². The van der Waals surface area contributed by atoms with Crippen molar-refractivity contribution in [2.45, 2.75) is 31.8 Å². The summed E-state index contributed by atoms with van der Waals surface area (Å²) >= 11 is 1.70. The normalized spacial score (nSPS) is 11.6. The van der Waals surface area contributed by atoms with E-state index in [-0.39, 0.29) is 0 Å². The third kappa shape index (κ3) is 5.90. The Morgan fingerprint density at radius 2 is 1.30 bits per heavy atom. The van der Waals surface area contributed by atoms with Gasteiger partial charge in [-0.15, -0.1) is 16.4 Å². The van der Waals surface area contributed by atoms with Gasteiger partial charge < -0.3 is 4.57 Å². The van der Waals surface area contributed by atoms with E-state index in [4.69, 9.17) is 20.3 Å². The maximum atomic E-state index is 5.07. The van der Waals surface area contributed by atoms with Gasteiger partial charge >= 0.3 is 0 Å². The van der Waals surface area contributed by atoms with Crippen LogP contribution in [-0.2, 0) is 18.5 Å². The highest BCUT2D eigenvalue weighted by molar-refractivity contribution is 7.13. The van der Waals surface area contributed by atoms with Crippen LogP contribution >= 0.6 is 11.3 Å². The summed E-state index contributed by atoms with van der Waals surface area (Å²) in [6.45, 7) is 2.91. The van der Waals surface area contributed by atoms with Gasteiger partial charge in [-0.3, -0.25) is 4.98 Å². The summed E-state index contributed by atoms with van der Waals surface area (Å²) in [7, 11) is 0. The number of hydrogen-bond donors (Lipinski definition) is 0. The molecule has 7 nitrogen and oxygen atoms in total. The molecule has 0 aliphatic heterocycles. The van der Waals surface area contributed by atoms with Crippen LogP contribution in [0.1, 0.15) is 41.4 Å². The fraction of sp³-hybridized carbons (Fsp3) is 0.109. The van der Waals surface area contributed by atoms with E-state index >= 15 is 0 Å². The predicted molar refractivity (Wildman–Crippen MR) is 217 cm³/mol. The summed E-state index contributed by atoms with van der Waals surface area (Å²) in [4.78, 5) is 11.1. The predicted octanol–water partition coefficient (Wildman–Crippen LogP) is 10.3. The van der Waals surface area contributed by atoms with Crippen molar-refractivity contribution < 1.29 is 0 Å². The Balaban J connectivity index is 1.12. The number of tetrazole rings is 1. The van der Waals surface area contributed by atoms with Gasteiger partial charge in [0, 0.05) is 18.5 Å². The summed E-state index contributed by atoms with van der Waals surface area (Å²) in [6, 6.07) is 55.0. The van der Waals surface area contributed by atoms with Crippen LogP contribution in [0, 0.1) is 0 Å². The van der Waals surface area contributed by atoms with Crippen molar-refractivity contribution in [3.8, 4) is 33.1 Å². The Labute approximate surface area is 318 Å². The van der Waals surface area contributed by atoms with Gasteiger partial charge in [0.2, 0.25) is 0 Å². The summed E-state index contributed by atoms with van der Waals surface area (Å²) in [5, 5.41) is 16.0. The highest BCUT2D eigenvalue weighted by atomic mass is 32.1. The van der Waals surface area contributed by atoms with Crippen molar-refractivity contribution in [1.82, 2.24) is 34.7 Å². The maximum Gasteiger partial charge on any atom is 0.184 e. The number of benzene rings is 5. The maximum absolute atomic E-state index is 5.07. The zero-order valence-electron chi connectivity index (χ0n) is 29.8. The molecule has 54 heavy (non-hydrogen) atoms. The molecule has 0 aliphatic carbocycles. The lowest BCUT2D eigenvalue weighted by atomic mass is 9.77. The van der Waals surface area contributed by atoms with E-state index in [1.54, 1.807) is 11.3 Å². The lowest BCUT2D eigenvalue weighted by Crippen LogP contribution is -2.39. The van der Waals surface area contributed by atoms with Crippen LogP contribution < -0.4 is 0 Å². The molecular weight excluding hydrogens is 683 g/mol.